The van der Waals surface area contributed by atoms with Crippen molar-refractivity contribution in [2.45, 2.75) is 0 Å². The van der Waals surface area contributed by atoms with Crippen LogP contribution in [-0.4, -0.2) is 5.10 Å². The third kappa shape index (κ3) is 2.41. The van der Waals surface area contributed by atoms with Crippen molar-refractivity contribution >= 4 is 12.4 Å². The van der Waals surface area contributed by atoms with Crippen LogP contribution in [0.1, 0.15) is 0 Å². The summed E-state index contributed by atoms with van der Waals surface area (Å²) in [5.41, 5.74) is -0.345. The lowest BCUT2D eigenvalue weighted by atomic mass is 10.5. The van der Waals surface area contributed by atoms with Gasteiger partial charge in [0.2, 0.25) is 5.43 Å². The van der Waals surface area contributed by atoms with Gasteiger partial charge in [-0.2, -0.15) is 0 Å². The maximum Gasteiger partial charge on any atom is 0.256 e. The smallest absolute Gasteiger partial charge is 0.256 e. The van der Waals surface area contributed by atoms with Crippen molar-refractivity contribution in [1.82, 2.24) is 5.10 Å². The maximum atomic E-state index is 10.4. The minimum atomic E-state index is -0.345. The highest BCUT2D eigenvalue weighted by atomic mass is 35.5. The van der Waals surface area contributed by atoms with Crippen molar-refractivity contribution in [2.75, 3.05) is 0 Å². The lowest BCUT2D eigenvalue weighted by Gasteiger charge is -1.79. The first-order valence-corrected chi connectivity index (χ1v) is 2.35. The molecule has 1 rings (SSSR count). The molecule has 1 aromatic rings. The first kappa shape index (κ1) is 8.84. The SMILES string of the molecule is Cl.O=c1cccn[n+]([O-])c1. The molecule has 1 aromatic heterocycles. The molecule has 0 aliphatic rings. The molecule has 0 saturated heterocycles. The van der Waals surface area contributed by atoms with Gasteiger partial charge in [-0.25, -0.2) is 0 Å². The van der Waals surface area contributed by atoms with E-state index in [1.165, 1.54) is 18.3 Å². The number of aromatic nitrogens is 2. The van der Waals surface area contributed by atoms with Gasteiger partial charge in [-0.05, 0) is 12.1 Å². The summed E-state index contributed by atoms with van der Waals surface area (Å²) in [6, 6.07) is 2.68. The van der Waals surface area contributed by atoms with E-state index in [1.54, 1.807) is 0 Å². The molecule has 4 nitrogen and oxygen atoms in total. The number of nitrogens with zero attached hydrogens (tertiary/aromatic N) is 2. The van der Waals surface area contributed by atoms with E-state index in [0.717, 1.165) is 6.20 Å². The van der Waals surface area contributed by atoms with E-state index in [-0.39, 0.29) is 22.7 Å². The Morgan fingerprint density at radius 1 is 1.60 bits per heavy atom. The van der Waals surface area contributed by atoms with Gasteiger partial charge in [0, 0.05) is 5.10 Å². The Hall–Kier alpha value is -1.16. The van der Waals surface area contributed by atoms with E-state index in [4.69, 9.17) is 0 Å². The molecular formula is C5H5ClN2O2. The van der Waals surface area contributed by atoms with Crippen molar-refractivity contribution in [3.63, 3.8) is 0 Å². The molecule has 54 valence electrons. The summed E-state index contributed by atoms with van der Waals surface area (Å²) in [5.74, 6) is 0. The molecule has 0 aliphatic carbocycles. The number of hydrogen-bond donors (Lipinski definition) is 0. The number of rotatable bonds is 0. The zero-order chi connectivity index (χ0) is 6.69. The van der Waals surface area contributed by atoms with Gasteiger partial charge < -0.3 is 5.21 Å². The molecule has 10 heavy (non-hydrogen) atoms. The van der Waals surface area contributed by atoms with Gasteiger partial charge in [-0.15, -0.1) is 12.4 Å². The van der Waals surface area contributed by atoms with E-state index >= 15 is 0 Å². The molecule has 0 fully saturated rings. The summed E-state index contributed by atoms with van der Waals surface area (Å²) in [5, 5.41) is 13.6. The number of hydrogen-bond acceptors (Lipinski definition) is 3. The van der Waals surface area contributed by atoms with Crippen molar-refractivity contribution in [3.05, 3.63) is 40.0 Å². The molecule has 0 radical (unpaired) electrons. The van der Waals surface area contributed by atoms with Crippen LogP contribution in [0.15, 0.2) is 29.3 Å². The minimum absolute atomic E-state index is 0. The highest BCUT2D eigenvalue weighted by molar-refractivity contribution is 5.85. The van der Waals surface area contributed by atoms with E-state index in [1.807, 2.05) is 0 Å². The summed E-state index contributed by atoms with van der Waals surface area (Å²) in [4.78, 5) is 10.7. The van der Waals surface area contributed by atoms with Crippen LogP contribution in [0.4, 0.5) is 0 Å². The fourth-order valence-corrected chi connectivity index (χ4v) is 0.427. The van der Waals surface area contributed by atoms with Crippen LogP contribution in [-0.2, 0) is 0 Å². The summed E-state index contributed by atoms with van der Waals surface area (Å²) < 4.78 is 0. The lowest BCUT2D eigenvalue weighted by Crippen LogP contribution is -2.30. The Morgan fingerprint density at radius 2 is 2.30 bits per heavy atom. The second-order valence-electron chi connectivity index (χ2n) is 1.46. The summed E-state index contributed by atoms with van der Waals surface area (Å²) in [7, 11) is 0. The van der Waals surface area contributed by atoms with Crippen molar-refractivity contribution in [2.24, 2.45) is 0 Å². The summed E-state index contributed by atoms with van der Waals surface area (Å²) in [6.07, 6.45) is 2.12. The van der Waals surface area contributed by atoms with Crippen LogP contribution in [0, 0.1) is 5.21 Å². The molecule has 0 aromatic carbocycles. The van der Waals surface area contributed by atoms with Crippen LogP contribution >= 0.6 is 12.4 Å². The molecule has 1 heterocycles. The molecule has 0 N–H and O–H groups in total. The zero-order valence-corrected chi connectivity index (χ0v) is 5.75. The molecule has 0 atom stereocenters. The lowest BCUT2D eigenvalue weighted by molar-refractivity contribution is -0.668. The van der Waals surface area contributed by atoms with Crippen LogP contribution in [0.25, 0.3) is 0 Å². The minimum Gasteiger partial charge on any atom is -0.594 e. The fourth-order valence-electron chi connectivity index (χ4n) is 0.427. The van der Waals surface area contributed by atoms with E-state index in [9.17, 15) is 10.0 Å². The monoisotopic (exact) mass is 160 g/mol. The topological polar surface area (TPSA) is 56.9 Å². The normalized spacial score (nSPS) is 8.00. The Bertz CT molecular complexity index is 266. The number of halogens is 1. The highest BCUT2D eigenvalue weighted by Crippen LogP contribution is 1.61. The van der Waals surface area contributed by atoms with Crippen molar-refractivity contribution < 1.29 is 4.85 Å². The van der Waals surface area contributed by atoms with Crippen LogP contribution in [0.2, 0.25) is 0 Å². The second-order valence-corrected chi connectivity index (χ2v) is 1.46. The van der Waals surface area contributed by atoms with E-state index in [0.29, 0.717) is 0 Å². The molecule has 0 amide bonds. The van der Waals surface area contributed by atoms with E-state index in [2.05, 4.69) is 5.10 Å². The standard InChI is InChI=1S/C5H4N2O2.ClH/c8-5-2-1-3-6-7(9)4-5;/h1-4H;1H. The average Bonchev–Trinajstić information content (AvgIpc) is 1.93. The van der Waals surface area contributed by atoms with Crippen molar-refractivity contribution in [3.8, 4) is 0 Å². The average molecular weight is 161 g/mol. The molecule has 0 bridgehead atoms. The zero-order valence-electron chi connectivity index (χ0n) is 4.93. The third-order valence-corrected chi connectivity index (χ3v) is 0.765. The second kappa shape index (κ2) is 3.79. The third-order valence-electron chi connectivity index (χ3n) is 0.765. The van der Waals surface area contributed by atoms with Crippen molar-refractivity contribution in [1.29, 1.82) is 0 Å². The van der Waals surface area contributed by atoms with Gasteiger partial charge in [-0.3, -0.25) is 4.79 Å². The quantitative estimate of drug-likeness (QED) is 0.380. The van der Waals surface area contributed by atoms with Gasteiger partial charge in [0.15, 0.2) is 0 Å². The molecule has 0 unspecified atom stereocenters. The molecule has 5 heteroatoms. The first-order chi connectivity index (χ1) is 4.29. The molecule has 0 aliphatic heterocycles. The Balaban J connectivity index is 0.000000810. The van der Waals surface area contributed by atoms with Crippen LogP contribution in [0.3, 0.4) is 0 Å². The Morgan fingerprint density at radius 3 is 3.00 bits per heavy atom. The molecular weight excluding hydrogens is 156 g/mol. The summed E-state index contributed by atoms with van der Waals surface area (Å²) in [6.45, 7) is 0. The Labute approximate surface area is 63.1 Å². The predicted octanol–water partition coefficient (Wildman–Crippen LogP) is -0.503. The van der Waals surface area contributed by atoms with Gasteiger partial charge in [-0.1, -0.05) is 4.85 Å². The maximum absolute atomic E-state index is 10.4. The van der Waals surface area contributed by atoms with Gasteiger partial charge >= 0.3 is 0 Å². The highest BCUT2D eigenvalue weighted by Gasteiger charge is 1.84. The van der Waals surface area contributed by atoms with Gasteiger partial charge in [0.25, 0.3) is 6.20 Å². The fraction of sp³-hybridized carbons (Fsp3) is 0. The first-order valence-electron chi connectivity index (χ1n) is 2.35. The molecule has 0 spiro atoms. The van der Waals surface area contributed by atoms with Crippen LogP contribution < -0.4 is 10.3 Å². The van der Waals surface area contributed by atoms with E-state index < -0.39 is 0 Å². The molecule has 0 saturated carbocycles. The van der Waals surface area contributed by atoms with Gasteiger partial charge in [0.05, 0.1) is 6.20 Å². The largest absolute Gasteiger partial charge is 0.594 e. The Kier molecular flexibility index (Phi) is 3.35. The van der Waals surface area contributed by atoms with Gasteiger partial charge in [0.1, 0.15) is 0 Å². The van der Waals surface area contributed by atoms with Crippen LogP contribution in [0.5, 0.6) is 0 Å². The summed E-state index contributed by atoms with van der Waals surface area (Å²) >= 11 is 0. The predicted molar refractivity (Wildman–Crippen MR) is 36.7 cm³/mol.